The van der Waals surface area contributed by atoms with E-state index in [0.717, 1.165) is 65.5 Å². The number of hydrogen-bond acceptors (Lipinski definition) is 5. The molecule has 33 heavy (non-hydrogen) atoms. The number of nitrogens with one attached hydrogen (secondary N) is 2. The van der Waals surface area contributed by atoms with Gasteiger partial charge in [-0.15, -0.1) is 0 Å². The van der Waals surface area contributed by atoms with Crippen LogP contribution in [0.1, 0.15) is 66.6 Å². The zero-order chi connectivity index (χ0) is 23.2. The lowest BCUT2D eigenvalue weighted by atomic mass is 9.80. The summed E-state index contributed by atoms with van der Waals surface area (Å²) < 4.78 is 12.0. The fraction of sp³-hybridized carbons (Fsp3) is 0.321. The molecule has 0 saturated heterocycles. The van der Waals surface area contributed by atoms with Crippen molar-refractivity contribution in [3.63, 3.8) is 0 Å². The number of benzene rings is 3. The van der Waals surface area contributed by atoms with E-state index in [0.29, 0.717) is 12.2 Å². The van der Waals surface area contributed by atoms with Crippen molar-refractivity contribution in [1.29, 1.82) is 0 Å². The third kappa shape index (κ3) is 4.82. The molecule has 2 N–H and O–H groups in total. The van der Waals surface area contributed by atoms with Crippen molar-refractivity contribution in [2.75, 3.05) is 30.3 Å². The molecule has 0 amide bonds. The first-order valence-corrected chi connectivity index (χ1v) is 11.9. The van der Waals surface area contributed by atoms with Gasteiger partial charge >= 0.3 is 5.97 Å². The fourth-order valence-electron chi connectivity index (χ4n) is 4.29. The Kier molecular flexibility index (Phi) is 7.18. The van der Waals surface area contributed by atoms with Gasteiger partial charge in [0.15, 0.2) is 0 Å². The van der Waals surface area contributed by atoms with Gasteiger partial charge in [0.2, 0.25) is 0 Å². The maximum atomic E-state index is 13.0. The molecule has 3 aromatic carbocycles. The Morgan fingerprint density at radius 3 is 2.03 bits per heavy atom. The van der Waals surface area contributed by atoms with Crippen molar-refractivity contribution in [3.05, 3.63) is 82.9 Å². The second kappa shape index (κ2) is 10.4. The molecular weight excluding hydrogens is 412 g/mol. The van der Waals surface area contributed by atoms with Crippen LogP contribution in [0, 0.1) is 0 Å². The zero-order valence-electron chi connectivity index (χ0n) is 19.6. The number of carbonyl (C=O) groups is 1. The Bertz CT molecular complexity index is 1070. The molecular formula is C28H32N2O3. The molecule has 0 aliphatic carbocycles. The molecule has 0 radical (unpaired) electrons. The lowest BCUT2D eigenvalue weighted by Crippen LogP contribution is -2.17. The monoisotopic (exact) mass is 444 g/mol. The van der Waals surface area contributed by atoms with Crippen LogP contribution in [0.5, 0.6) is 11.5 Å². The summed E-state index contributed by atoms with van der Waals surface area (Å²) in [4.78, 5) is 13.0. The van der Waals surface area contributed by atoms with Crippen molar-refractivity contribution in [3.8, 4) is 11.5 Å². The molecule has 1 heterocycles. The Balaban J connectivity index is 1.83. The molecule has 0 unspecified atom stereocenters. The van der Waals surface area contributed by atoms with Crippen molar-refractivity contribution in [2.24, 2.45) is 0 Å². The van der Waals surface area contributed by atoms with E-state index in [4.69, 9.17) is 9.47 Å². The molecule has 4 rings (SSSR count). The highest BCUT2D eigenvalue weighted by Gasteiger charge is 2.32. The van der Waals surface area contributed by atoms with Gasteiger partial charge in [-0.1, -0.05) is 43.7 Å². The maximum Gasteiger partial charge on any atom is 0.338 e. The number of ether oxygens (including phenoxy) is 2. The van der Waals surface area contributed by atoms with Crippen LogP contribution in [-0.4, -0.2) is 25.7 Å². The summed E-state index contributed by atoms with van der Waals surface area (Å²) in [5.41, 5.74) is 5.62. The fourth-order valence-corrected chi connectivity index (χ4v) is 4.29. The lowest BCUT2D eigenvalue weighted by molar-refractivity contribution is 0.0498. The molecule has 0 atom stereocenters. The number of rotatable bonds is 9. The van der Waals surface area contributed by atoms with Crippen molar-refractivity contribution < 1.29 is 14.3 Å². The molecule has 0 saturated carbocycles. The van der Waals surface area contributed by atoms with E-state index in [1.807, 2.05) is 36.4 Å². The normalized spacial score (nSPS) is 12.3. The molecule has 5 nitrogen and oxygen atoms in total. The van der Waals surface area contributed by atoms with Gasteiger partial charge in [0, 0.05) is 53.6 Å². The second-order valence-corrected chi connectivity index (χ2v) is 8.18. The second-order valence-electron chi connectivity index (χ2n) is 8.18. The van der Waals surface area contributed by atoms with E-state index >= 15 is 0 Å². The average molecular weight is 445 g/mol. The smallest absolute Gasteiger partial charge is 0.338 e. The van der Waals surface area contributed by atoms with Crippen LogP contribution in [0.15, 0.2) is 60.7 Å². The van der Waals surface area contributed by atoms with E-state index in [2.05, 4.69) is 55.7 Å². The molecule has 0 fully saturated rings. The summed E-state index contributed by atoms with van der Waals surface area (Å²) in [6, 6.07) is 20.2. The Morgan fingerprint density at radius 1 is 0.848 bits per heavy atom. The van der Waals surface area contributed by atoms with Gasteiger partial charge in [-0.05, 0) is 44.0 Å². The van der Waals surface area contributed by atoms with Crippen LogP contribution >= 0.6 is 0 Å². The van der Waals surface area contributed by atoms with E-state index in [1.165, 1.54) is 0 Å². The number of anilines is 2. The van der Waals surface area contributed by atoms with Crippen LogP contribution < -0.4 is 15.4 Å². The van der Waals surface area contributed by atoms with Gasteiger partial charge in [-0.2, -0.15) is 0 Å². The summed E-state index contributed by atoms with van der Waals surface area (Å²) in [5, 5.41) is 6.72. The number of carbonyl (C=O) groups excluding carboxylic acids is 1. The van der Waals surface area contributed by atoms with Gasteiger partial charge in [0.25, 0.3) is 0 Å². The van der Waals surface area contributed by atoms with Crippen LogP contribution in [0.3, 0.4) is 0 Å². The first kappa shape index (κ1) is 22.7. The minimum absolute atomic E-state index is 0.134. The third-order valence-corrected chi connectivity index (χ3v) is 5.85. The standard InChI is InChI=1S/C28H32N2O3/c1-4-7-16-32-28(31)22-11-9-8-10-21(22)27-23-14-12-19(29-5-2)17-25(23)33-26-18-20(30-6-3)13-15-24(26)27/h8-15,17-18,27,29-30H,4-7,16H2,1-3H3. The number of unbranched alkanes of at least 4 members (excludes halogenated alkanes) is 1. The predicted molar refractivity (Wildman–Crippen MR) is 134 cm³/mol. The topological polar surface area (TPSA) is 59.6 Å². The number of hydrogen-bond donors (Lipinski definition) is 2. The molecule has 1 aliphatic rings. The highest BCUT2D eigenvalue weighted by atomic mass is 16.5. The quantitative estimate of drug-likeness (QED) is 0.220. The average Bonchev–Trinajstić information content (AvgIpc) is 2.83. The Labute approximate surface area is 196 Å². The van der Waals surface area contributed by atoms with Crippen molar-refractivity contribution in [2.45, 2.75) is 39.5 Å². The van der Waals surface area contributed by atoms with Crippen LogP contribution in [0.2, 0.25) is 0 Å². The van der Waals surface area contributed by atoms with Gasteiger partial charge in [-0.25, -0.2) is 4.79 Å². The molecule has 0 bridgehead atoms. The minimum atomic E-state index is -0.276. The van der Waals surface area contributed by atoms with Crippen LogP contribution in [0.25, 0.3) is 0 Å². The molecule has 172 valence electrons. The number of fused-ring (bicyclic) bond motifs is 2. The molecule has 0 spiro atoms. The summed E-state index contributed by atoms with van der Waals surface area (Å²) >= 11 is 0. The van der Waals surface area contributed by atoms with Gasteiger partial charge < -0.3 is 20.1 Å². The van der Waals surface area contributed by atoms with Crippen molar-refractivity contribution in [1.82, 2.24) is 0 Å². The van der Waals surface area contributed by atoms with Gasteiger partial charge in [0.05, 0.1) is 12.2 Å². The van der Waals surface area contributed by atoms with Gasteiger partial charge in [-0.3, -0.25) is 0 Å². The first-order valence-electron chi connectivity index (χ1n) is 11.9. The predicted octanol–water partition coefficient (Wildman–Crippen LogP) is 6.79. The molecule has 3 aromatic rings. The van der Waals surface area contributed by atoms with Gasteiger partial charge in [0.1, 0.15) is 11.5 Å². The SMILES string of the molecule is CCCCOC(=O)c1ccccc1C1c2ccc(NCC)cc2Oc2cc(NCC)ccc21. The third-order valence-electron chi connectivity index (χ3n) is 5.85. The van der Waals surface area contributed by atoms with E-state index < -0.39 is 0 Å². The van der Waals surface area contributed by atoms with Crippen LogP contribution in [0.4, 0.5) is 11.4 Å². The first-order chi connectivity index (χ1) is 16.2. The summed E-state index contributed by atoms with van der Waals surface area (Å²) in [6.45, 7) is 8.32. The van der Waals surface area contributed by atoms with Crippen molar-refractivity contribution >= 4 is 17.3 Å². The Morgan fingerprint density at radius 2 is 1.45 bits per heavy atom. The Hall–Kier alpha value is -3.47. The van der Waals surface area contributed by atoms with E-state index in [-0.39, 0.29) is 11.9 Å². The lowest BCUT2D eigenvalue weighted by Gasteiger charge is -2.30. The van der Waals surface area contributed by atoms with E-state index in [9.17, 15) is 4.79 Å². The molecule has 0 aromatic heterocycles. The maximum absolute atomic E-state index is 13.0. The minimum Gasteiger partial charge on any atom is -0.462 e. The molecule has 1 aliphatic heterocycles. The highest BCUT2D eigenvalue weighted by molar-refractivity contribution is 5.92. The largest absolute Gasteiger partial charge is 0.462 e. The summed E-state index contributed by atoms with van der Waals surface area (Å²) in [6.07, 6.45) is 1.84. The molecule has 5 heteroatoms. The van der Waals surface area contributed by atoms with E-state index in [1.54, 1.807) is 0 Å². The number of esters is 1. The zero-order valence-corrected chi connectivity index (χ0v) is 19.6. The van der Waals surface area contributed by atoms with Crippen LogP contribution in [-0.2, 0) is 4.74 Å². The summed E-state index contributed by atoms with van der Waals surface area (Å²) in [5.74, 6) is 1.19. The summed E-state index contributed by atoms with van der Waals surface area (Å²) in [7, 11) is 0. The highest BCUT2D eigenvalue weighted by Crippen LogP contribution is 2.49.